The first-order chi connectivity index (χ1) is 4.86. The summed E-state index contributed by atoms with van der Waals surface area (Å²) in [6, 6.07) is 0. The lowest BCUT2D eigenvalue weighted by Gasteiger charge is -2.01. The van der Waals surface area contributed by atoms with Crippen molar-refractivity contribution in [2.45, 2.75) is 19.4 Å². The van der Waals surface area contributed by atoms with Crippen LogP contribution in [0.5, 0.6) is 0 Å². The van der Waals surface area contributed by atoms with Crippen LogP contribution in [0, 0.1) is 0 Å². The highest BCUT2D eigenvalue weighted by Crippen LogP contribution is 2.09. The van der Waals surface area contributed by atoms with Crippen molar-refractivity contribution in [3.8, 4) is 0 Å². The van der Waals surface area contributed by atoms with Crippen LogP contribution in [-0.4, -0.2) is 25.2 Å². The normalized spacial score (nSPS) is 23.8. The second-order valence-electron chi connectivity index (χ2n) is 2.09. The Labute approximate surface area is 60.0 Å². The van der Waals surface area contributed by atoms with Crippen LogP contribution in [0.3, 0.4) is 0 Å². The molecule has 4 heteroatoms. The van der Waals surface area contributed by atoms with Crippen LogP contribution in [0.25, 0.3) is 0 Å². The van der Waals surface area contributed by atoms with E-state index in [1.54, 1.807) is 0 Å². The van der Waals surface area contributed by atoms with Crippen LogP contribution in [0.2, 0.25) is 0 Å². The summed E-state index contributed by atoms with van der Waals surface area (Å²) in [5, 5.41) is 3.69. The summed E-state index contributed by atoms with van der Waals surface area (Å²) in [6.07, 6.45) is 0.742. The Bertz CT molecular complexity index is 136. The second-order valence-corrected chi connectivity index (χ2v) is 2.09. The molecule has 2 N–H and O–H groups in total. The van der Waals surface area contributed by atoms with Crippen molar-refractivity contribution in [2.75, 3.05) is 13.2 Å². The fourth-order valence-corrected chi connectivity index (χ4v) is 0.781. The summed E-state index contributed by atoms with van der Waals surface area (Å²) in [4.78, 5) is 4.91. The van der Waals surface area contributed by atoms with Crippen LogP contribution in [0.4, 0.5) is 0 Å². The molecular formula is C6H12N2O2. The first-order valence-corrected chi connectivity index (χ1v) is 3.42. The first-order valence-electron chi connectivity index (χ1n) is 3.42. The van der Waals surface area contributed by atoms with E-state index in [-0.39, 0.29) is 6.10 Å². The zero-order chi connectivity index (χ0) is 7.40. The Morgan fingerprint density at radius 2 is 2.70 bits per heavy atom. The van der Waals surface area contributed by atoms with Crippen molar-refractivity contribution in [1.82, 2.24) is 0 Å². The van der Waals surface area contributed by atoms with Gasteiger partial charge < -0.3 is 15.3 Å². The van der Waals surface area contributed by atoms with E-state index in [9.17, 15) is 0 Å². The molecule has 1 unspecified atom stereocenters. The fourth-order valence-electron chi connectivity index (χ4n) is 0.781. The minimum Gasteiger partial charge on any atom is -0.479 e. The molecule has 0 radical (unpaired) electrons. The average molecular weight is 144 g/mol. The zero-order valence-corrected chi connectivity index (χ0v) is 6.04. The summed E-state index contributed by atoms with van der Waals surface area (Å²) < 4.78 is 5.10. The summed E-state index contributed by atoms with van der Waals surface area (Å²) in [6.45, 7) is 3.05. The van der Waals surface area contributed by atoms with Gasteiger partial charge in [-0.15, -0.1) is 0 Å². The van der Waals surface area contributed by atoms with Crippen LogP contribution in [0.15, 0.2) is 5.16 Å². The number of hydrogen-bond donors (Lipinski definition) is 1. The Kier molecular flexibility index (Phi) is 2.50. The van der Waals surface area contributed by atoms with Crippen LogP contribution in [-0.2, 0) is 9.57 Å². The molecule has 0 saturated carbocycles. The lowest BCUT2D eigenvalue weighted by molar-refractivity contribution is 0.0914. The predicted molar refractivity (Wildman–Crippen MR) is 37.6 cm³/mol. The van der Waals surface area contributed by atoms with Gasteiger partial charge in [0.15, 0.2) is 0 Å². The number of nitrogens with two attached hydrogens (primary N) is 1. The molecule has 0 fully saturated rings. The summed E-state index contributed by atoms with van der Waals surface area (Å²) in [5.74, 6) is 0.665. The molecule has 0 amide bonds. The standard InChI is InChI=1S/C6H12N2O2/c1-2-9-6-3-5(4-7)10-8-6/h5H,2-4,7H2,1H3. The van der Waals surface area contributed by atoms with Gasteiger partial charge in [0.2, 0.25) is 5.90 Å². The minimum atomic E-state index is 0.0292. The highest BCUT2D eigenvalue weighted by atomic mass is 16.7. The van der Waals surface area contributed by atoms with E-state index in [0.717, 1.165) is 0 Å². The molecule has 10 heavy (non-hydrogen) atoms. The molecule has 0 saturated heterocycles. The van der Waals surface area contributed by atoms with Crippen LogP contribution in [0.1, 0.15) is 13.3 Å². The van der Waals surface area contributed by atoms with Crippen LogP contribution >= 0.6 is 0 Å². The largest absolute Gasteiger partial charge is 0.479 e. The summed E-state index contributed by atoms with van der Waals surface area (Å²) >= 11 is 0. The van der Waals surface area contributed by atoms with Gasteiger partial charge in [0.25, 0.3) is 0 Å². The Balaban J connectivity index is 2.25. The Hall–Kier alpha value is -0.770. The number of hydrogen-bond acceptors (Lipinski definition) is 4. The highest BCUT2D eigenvalue weighted by molar-refractivity contribution is 5.77. The smallest absolute Gasteiger partial charge is 0.229 e. The lowest BCUT2D eigenvalue weighted by Crippen LogP contribution is -2.20. The summed E-state index contributed by atoms with van der Waals surface area (Å²) in [5.41, 5.74) is 5.34. The molecule has 0 spiro atoms. The first kappa shape index (κ1) is 7.34. The van der Waals surface area contributed by atoms with E-state index in [2.05, 4.69) is 5.16 Å². The third-order valence-corrected chi connectivity index (χ3v) is 1.28. The maximum atomic E-state index is 5.34. The maximum Gasteiger partial charge on any atom is 0.229 e. The van der Waals surface area contributed by atoms with Crippen molar-refractivity contribution in [2.24, 2.45) is 10.9 Å². The monoisotopic (exact) mass is 144 g/mol. The molecule has 1 atom stereocenters. The Morgan fingerprint density at radius 1 is 1.90 bits per heavy atom. The number of nitrogens with zero attached hydrogens (tertiary/aromatic N) is 1. The molecular weight excluding hydrogens is 132 g/mol. The number of oxime groups is 1. The molecule has 0 aromatic carbocycles. The van der Waals surface area contributed by atoms with E-state index in [0.29, 0.717) is 25.5 Å². The molecule has 1 aliphatic heterocycles. The van der Waals surface area contributed by atoms with Crippen molar-refractivity contribution in [3.05, 3.63) is 0 Å². The van der Waals surface area contributed by atoms with Gasteiger partial charge in [-0.25, -0.2) is 0 Å². The Morgan fingerprint density at radius 3 is 3.20 bits per heavy atom. The van der Waals surface area contributed by atoms with Crippen LogP contribution < -0.4 is 5.73 Å². The lowest BCUT2D eigenvalue weighted by atomic mass is 10.3. The number of rotatable bonds is 2. The van der Waals surface area contributed by atoms with E-state index >= 15 is 0 Å². The van der Waals surface area contributed by atoms with E-state index in [1.165, 1.54) is 0 Å². The maximum absolute atomic E-state index is 5.34. The van der Waals surface area contributed by atoms with Gasteiger partial charge in [0.1, 0.15) is 6.10 Å². The molecule has 4 nitrogen and oxygen atoms in total. The summed E-state index contributed by atoms with van der Waals surface area (Å²) in [7, 11) is 0. The molecule has 1 aliphatic rings. The third-order valence-electron chi connectivity index (χ3n) is 1.28. The van der Waals surface area contributed by atoms with Gasteiger partial charge in [0, 0.05) is 6.54 Å². The third kappa shape index (κ3) is 1.60. The topological polar surface area (TPSA) is 56.8 Å². The van der Waals surface area contributed by atoms with E-state index in [4.69, 9.17) is 15.3 Å². The molecule has 0 aromatic rings. The van der Waals surface area contributed by atoms with Gasteiger partial charge in [-0.05, 0) is 6.92 Å². The minimum absolute atomic E-state index is 0.0292. The van der Waals surface area contributed by atoms with E-state index in [1.807, 2.05) is 6.92 Å². The van der Waals surface area contributed by atoms with Gasteiger partial charge in [0.05, 0.1) is 13.0 Å². The molecule has 0 aromatic heterocycles. The van der Waals surface area contributed by atoms with Gasteiger partial charge >= 0.3 is 0 Å². The van der Waals surface area contributed by atoms with Crippen molar-refractivity contribution < 1.29 is 9.57 Å². The highest BCUT2D eigenvalue weighted by Gasteiger charge is 2.19. The molecule has 0 bridgehead atoms. The molecule has 58 valence electrons. The quantitative estimate of drug-likeness (QED) is 0.597. The molecule has 1 heterocycles. The molecule has 1 rings (SSSR count). The van der Waals surface area contributed by atoms with E-state index < -0.39 is 0 Å². The average Bonchev–Trinajstić information content (AvgIpc) is 2.37. The second kappa shape index (κ2) is 3.41. The number of ether oxygens (including phenoxy) is 1. The van der Waals surface area contributed by atoms with Crippen molar-refractivity contribution in [3.63, 3.8) is 0 Å². The van der Waals surface area contributed by atoms with Gasteiger partial charge in [-0.1, -0.05) is 5.16 Å². The van der Waals surface area contributed by atoms with Gasteiger partial charge in [-0.3, -0.25) is 0 Å². The predicted octanol–water partition coefficient (Wildman–Crippen LogP) is 0.0840. The molecule has 0 aliphatic carbocycles. The van der Waals surface area contributed by atoms with Gasteiger partial charge in [-0.2, -0.15) is 0 Å². The van der Waals surface area contributed by atoms with Crippen molar-refractivity contribution in [1.29, 1.82) is 0 Å². The van der Waals surface area contributed by atoms with Crippen molar-refractivity contribution >= 4 is 5.90 Å². The fraction of sp³-hybridized carbons (Fsp3) is 0.833. The SMILES string of the molecule is CCOC1=NOC(CN)C1. The zero-order valence-electron chi connectivity index (χ0n) is 6.04.